The topological polar surface area (TPSA) is 58.3 Å². The number of piperidine rings is 2. The molecule has 0 atom stereocenters. The first-order chi connectivity index (χ1) is 9.74. The second-order valence-corrected chi connectivity index (χ2v) is 5.71. The summed E-state index contributed by atoms with van der Waals surface area (Å²) in [7, 11) is 0. The van der Waals surface area contributed by atoms with Crippen LogP contribution in [0, 0.1) is 5.82 Å². The molecule has 0 bridgehead atoms. The number of nitrogens with zero attached hydrogens (tertiary/aromatic N) is 4. The number of hydrogen-bond donors (Lipinski definition) is 1. The zero-order valence-corrected chi connectivity index (χ0v) is 11.8. The molecule has 2 saturated heterocycles. The summed E-state index contributed by atoms with van der Waals surface area (Å²) >= 11 is 0. The molecule has 1 aromatic rings. The number of likely N-dealkylation sites (tertiary alicyclic amines) is 1. The lowest BCUT2D eigenvalue weighted by Gasteiger charge is -2.40. The molecule has 5 nitrogen and oxygen atoms in total. The Morgan fingerprint density at radius 3 is 2.50 bits per heavy atom. The minimum atomic E-state index is -0.379. The van der Waals surface area contributed by atoms with Crippen molar-refractivity contribution in [1.82, 2.24) is 14.9 Å². The van der Waals surface area contributed by atoms with E-state index in [0.29, 0.717) is 11.9 Å². The molecule has 2 aliphatic heterocycles. The fourth-order valence-electron chi connectivity index (χ4n) is 3.32. The predicted octanol–water partition coefficient (Wildman–Crippen LogP) is 1.65. The monoisotopic (exact) mass is 279 g/mol. The summed E-state index contributed by atoms with van der Waals surface area (Å²) in [6, 6.07) is 0.647. The highest BCUT2D eigenvalue weighted by Gasteiger charge is 2.27. The van der Waals surface area contributed by atoms with E-state index in [9.17, 15) is 4.39 Å². The highest BCUT2D eigenvalue weighted by atomic mass is 19.1. The van der Waals surface area contributed by atoms with E-state index >= 15 is 0 Å². The summed E-state index contributed by atoms with van der Waals surface area (Å²) in [6.07, 6.45) is 7.30. The molecule has 20 heavy (non-hydrogen) atoms. The maximum Gasteiger partial charge on any atom is 0.222 e. The number of aromatic nitrogens is 2. The zero-order valence-electron chi connectivity index (χ0n) is 11.8. The Balaban J connectivity index is 1.61. The molecule has 3 rings (SSSR count). The Labute approximate surface area is 119 Å². The zero-order chi connectivity index (χ0) is 13.9. The van der Waals surface area contributed by atoms with Gasteiger partial charge in [-0.2, -0.15) is 4.98 Å². The third-order valence-corrected chi connectivity index (χ3v) is 4.42. The minimum Gasteiger partial charge on any atom is -0.368 e. The summed E-state index contributed by atoms with van der Waals surface area (Å²) in [5, 5.41) is 0. The van der Waals surface area contributed by atoms with Crippen molar-refractivity contribution < 1.29 is 4.39 Å². The molecule has 110 valence electrons. The van der Waals surface area contributed by atoms with E-state index < -0.39 is 0 Å². The maximum atomic E-state index is 13.8. The van der Waals surface area contributed by atoms with Crippen LogP contribution in [0.25, 0.3) is 0 Å². The van der Waals surface area contributed by atoms with E-state index in [1.54, 1.807) is 0 Å². The molecule has 1 aromatic heterocycles. The fourth-order valence-corrected chi connectivity index (χ4v) is 3.32. The van der Waals surface area contributed by atoms with Crippen molar-refractivity contribution in [2.75, 3.05) is 36.8 Å². The van der Waals surface area contributed by atoms with Crippen LogP contribution in [0.3, 0.4) is 0 Å². The third kappa shape index (κ3) is 2.85. The van der Waals surface area contributed by atoms with Crippen LogP contribution in [0.2, 0.25) is 0 Å². The van der Waals surface area contributed by atoms with Crippen LogP contribution in [0.5, 0.6) is 0 Å². The molecule has 0 unspecified atom stereocenters. The van der Waals surface area contributed by atoms with Gasteiger partial charge in [-0.15, -0.1) is 0 Å². The summed E-state index contributed by atoms with van der Waals surface area (Å²) in [5.41, 5.74) is 5.55. The molecule has 0 aliphatic carbocycles. The Morgan fingerprint density at radius 1 is 1.10 bits per heavy atom. The number of hydrogen-bond acceptors (Lipinski definition) is 5. The number of rotatable bonds is 2. The van der Waals surface area contributed by atoms with Gasteiger partial charge in [-0.3, -0.25) is 0 Å². The molecule has 0 saturated carbocycles. The number of anilines is 2. The Hall–Kier alpha value is -1.43. The minimum absolute atomic E-state index is 0.138. The first-order valence-corrected chi connectivity index (χ1v) is 7.51. The van der Waals surface area contributed by atoms with Gasteiger partial charge in [-0.1, -0.05) is 6.42 Å². The molecule has 3 heterocycles. The van der Waals surface area contributed by atoms with Crippen molar-refractivity contribution in [3.63, 3.8) is 0 Å². The summed E-state index contributed by atoms with van der Waals surface area (Å²) in [6.45, 7) is 4.13. The number of nitrogens with two attached hydrogens (primary N) is 1. The van der Waals surface area contributed by atoms with Gasteiger partial charge in [-0.25, -0.2) is 9.37 Å². The van der Waals surface area contributed by atoms with E-state index in [1.807, 2.05) is 4.90 Å². The molecule has 0 spiro atoms. The molecule has 2 N–H and O–H groups in total. The van der Waals surface area contributed by atoms with Crippen LogP contribution in [0.15, 0.2) is 6.20 Å². The van der Waals surface area contributed by atoms with Gasteiger partial charge in [0, 0.05) is 19.1 Å². The quantitative estimate of drug-likeness (QED) is 0.892. The maximum absolute atomic E-state index is 13.8. The van der Waals surface area contributed by atoms with Crippen molar-refractivity contribution in [3.05, 3.63) is 12.0 Å². The van der Waals surface area contributed by atoms with Crippen LogP contribution in [-0.2, 0) is 0 Å². The molecule has 6 heteroatoms. The number of halogens is 1. The average molecular weight is 279 g/mol. The standard InChI is InChI=1S/C14H22FN5/c15-12-10-17-14(16)18-13(12)20-8-4-11(5-9-20)19-6-2-1-3-7-19/h10-11H,1-9H2,(H2,16,17,18). The van der Waals surface area contributed by atoms with Gasteiger partial charge >= 0.3 is 0 Å². The van der Waals surface area contributed by atoms with Crippen molar-refractivity contribution >= 4 is 11.8 Å². The van der Waals surface area contributed by atoms with E-state index in [1.165, 1.54) is 32.4 Å². The molecule has 0 aromatic carbocycles. The van der Waals surface area contributed by atoms with Crippen LogP contribution in [0.1, 0.15) is 32.1 Å². The van der Waals surface area contributed by atoms with Crippen molar-refractivity contribution in [2.24, 2.45) is 0 Å². The Bertz CT molecular complexity index is 453. The lowest BCUT2D eigenvalue weighted by atomic mass is 10.00. The van der Waals surface area contributed by atoms with Crippen molar-refractivity contribution in [3.8, 4) is 0 Å². The van der Waals surface area contributed by atoms with Gasteiger partial charge in [-0.05, 0) is 38.8 Å². The van der Waals surface area contributed by atoms with E-state index in [2.05, 4.69) is 14.9 Å². The van der Waals surface area contributed by atoms with Gasteiger partial charge < -0.3 is 15.5 Å². The van der Waals surface area contributed by atoms with Crippen molar-refractivity contribution in [2.45, 2.75) is 38.1 Å². The van der Waals surface area contributed by atoms with Gasteiger partial charge in [0.1, 0.15) is 0 Å². The van der Waals surface area contributed by atoms with Crippen LogP contribution in [0.4, 0.5) is 16.2 Å². The van der Waals surface area contributed by atoms with E-state index in [-0.39, 0.29) is 11.8 Å². The Morgan fingerprint density at radius 2 is 1.80 bits per heavy atom. The van der Waals surface area contributed by atoms with Crippen LogP contribution >= 0.6 is 0 Å². The highest BCUT2D eigenvalue weighted by Crippen LogP contribution is 2.25. The molecular formula is C14H22FN5. The fraction of sp³-hybridized carbons (Fsp3) is 0.714. The first kappa shape index (κ1) is 13.5. The smallest absolute Gasteiger partial charge is 0.222 e. The average Bonchev–Trinajstić information content (AvgIpc) is 2.51. The summed E-state index contributed by atoms with van der Waals surface area (Å²) in [5.74, 6) is 0.116. The molecule has 2 aliphatic rings. The van der Waals surface area contributed by atoms with E-state index in [4.69, 9.17) is 5.73 Å². The van der Waals surface area contributed by atoms with Gasteiger partial charge in [0.05, 0.1) is 6.20 Å². The lowest BCUT2D eigenvalue weighted by Crippen LogP contribution is -2.47. The highest BCUT2D eigenvalue weighted by molar-refractivity contribution is 5.42. The molecule has 0 amide bonds. The molecule has 2 fully saturated rings. The largest absolute Gasteiger partial charge is 0.368 e. The summed E-state index contributed by atoms with van der Waals surface area (Å²) < 4.78 is 13.8. The molecule has 0 radical (unpaired) electrons. The van der Waals surface area contributed by atoms with Crippen LogP contribution in [-0.4, -0.2) is 47.1 Å². The van der Waals surface area contributed by atoms with Gasteiger partial charge in [0.15, 0.2) is 11.6 Å². The van der Waals surface area contributed by atoms with Gasteiger partial charge in [0.25, 0.3) is 0 Å². The van der Waals surface area contributed by atoms with Crippen molar-refractivity contribution in [1.29, 1.82) is 0 Å². The SMILES string of the molecule is Nc1ncc(F)c(N2CCC(N3CCCCC3)CC2)n1. The van der Waals surface area contributed by atoms with E-state index in [0.717, 1.165) is 32.1 Å². The lowest BCUT2D eigenvalue weighted by molar-refractivity contribution is 0.141. The normalized spacial score (nSPS) is 22.1. The van der Waals surface area contributed by atoms with Gasteiger partial charge in [0.2, 0.25) is 5.95 Å². The Kier molecular flexibility index (Phi) is 4.00. The third-order valence-electron chi connectivity index (χ3n) is 4.42. The second kappa shape index (κ2) is 5.91. The summed E-state index contributed by atoms with van der Waals surface area (Å²) in [4.78, 5) is 12.3. The second-order valence-electron chi connectivity index (χ2n) is 5.71. The van der Waals surface area contributed by atoms with Crippen LogP contribution < -0.4 is 10.6 Å². The first-order valence-electron chi connectivity index (χ1n) is 7.51. The predicted molar refractivity (Wildman–Crippen MR) is 77.1 cm³/mol. The number of nitrogen functional groups attached to an aromatic ring is 1. The molecular weight excluding hydrogens is 257 g/mol.